The van der Waals surface area contributed by atoms with Crippen molar-refractivity contribution in [2.45, 2.75) is 26.0 Å². The summed E-state index contributed by atoms with van der Waals surface area (Å²) >= 11 is 0. The van der Waals surface area contributed by atoms with Crippen molar-refractivity contribution in [2.75, 3.05) is 6.61 Å². The van der Waals surface area contributed by atoms with E-state index in [9.17, 15) is 24.6 Å². The first-order valence-electron chi connectivity index (χ1n) is 10.4. The molecule has 164 valence electrons. The molecule has 0 spiro atoms. The number of hydrogen-bond donors (Lipinski definition) is 2. The minimum absolute atomic E-state index is 0.0662. The van der Waals surface area contributed by atoms with Gasteiger partial charge >= 0.3 is 11.6 Å². The zero-order valence-electron chi connectivity index (χ0n) is 17.4. The lowest BCUT2D eigenvalue weighted by Gasteiger charge is -2.46. The van der Waals surface area contributed by atoms with Gasteiger partial charge in [0.05, 0.1) is 23.4 Å². The van der Waals surface area contributed by atoms with Crippen molar-refractivity contribution in [1.82, 2.24) is 4.90 Å². The molecule has 2 unspecified atom stereocenters. The maximum atomic E-state index is 12.5. The highest BCUT2D eigenvalue weighted by molar-refractivity contribution is 6.07. The number of fused-ring (bicyclic) bond motifs is 4. The third-order valence-corrected chi connectivity index (χ3v) is 6.51. The lowest BCUT2D eigenvalue weighted by molar-refractivity contribution is -0.163. The van der Waals surface area contributed by atoms with Crippen LogP contribution in [0.2, 0.25) is 0 Å². The third kappa shape index (κ3) is 2.76. The van der Waals surface area contributed by atoms with Crippen LogP contribution in [0.4, 0.5) is 0 Å². The first kappa shape index (κ1) is 20.3. The summed E-state index contributed by atoms with van der Waals surface area (Å²) in [7, 11) is 0. The topological polar surface area (TPSA) is 117 Å². The summed E-state index contributed by atoms with van der Waals surface area (Å²) in [6.07, 6.45) is -0.870. The number of aliphatic carboxylic acids is 1. The first-order chi connectivity index (χ1) is 15.3. The average Bonchev–Trinajstić information content (AvgIpc) is 3.00. The molecule has 0 saturated carbocycles. The summed E-state index contributed by atoms with van der Waals surface area (Å²) in [6.45, 7) is 3.30. The van der Waals surface area contributed by atoms with E-state index in [1.807, 2.05) is 19.1 Å². The van der Waals surface area contributed by atoms with E-state index in [-0.39, 0.29) is 18.2 Å². The van der Waals surface area contributed by atoms with E-state index in [1.54, 1.807) is 30.3 Å². The van der Waals surface area contributed by atoms with Crippen LogP contribution < -0.4 is 10.4 Å². The number of aliphatic hydroxyl groups excluding tert-OH is 1. The number of carbonyl (C=O) groups is 2. The lowest BCUT2D eigenvalue weighted by Crippen LogP contribution is -2.63. The molecule has 0 aliphatic carbocycles. The molecule has 2 aromatic carbocycles. The van der Waals surface area contributed by atoms with Crippen molar-refractivity contribution < 1.29 is 29.0 Å². The fourth-order valence-corrected chi connectivity index (χ4v) is 5.01. The van der Waals surface area contributed by atoms with Crippen molar-refractivity contribution in [3.8, 4) is 5.75 Å². The van der Waals surface area contributed by atoms with Gasteiger partial charge in [-0.1, -0.05) is 31.2 Å². The molecule has 2 aliphatic heterocycles. The standard InChI is InChI=1S/C24H21NO7/c1-11-15(21(23(28)29)25-20(11)18(12(2)26)22(25)27)10-31-17-9-5-7-14-19(17)13-6-3-4-8-16(13)32-24(14)30/h3-9,11-12,18,20,26H,10H2,1-2H3,(H,28,29)/t11-,12?,18+,20?/m0/s1. The molecule has 1 aromatic heterocycles. The number of carboxylic acids is 1. The summed E-state index contributed by atoms with van der Waals surface area (Å²) in [5.41, 5.74) is 0.325. The number of carbonyl (C=O) groups excluding carboxylic acids is 1. The van der Waals surface area contributed by atoms with Gasteiger partial charge in [0.25, 0.3) is 0 Å². The van der Waals surface area contributed by atoms with Gasteiger partial charge in [-0.25, -0.2) is 9.59 Å². The molecule has 2 N–H and O–H groups in total. The molecule has 32 heavy (non-hydrogen) atoms. The predicted octanol–water partition coefficient (Wildman–Crippen LogP) is 2.52. The highest BCUT2D eigenvalue weighted by Crippen LogP contribution is 2.47. The summed E-state index contributed by atoms with van der Waals surface area (Å²) in [4.78, 5) is 38.2. The van der Waals surface area contributed by atoms with E-state index in [0.717, 1.165) is 0 Å². The Morgan fingerprint density at radius 1 is 1.16 bits per heavy atom. The van der Waals surface area contributed by atoms with Gasteiger partial charge < -0.3 is 24.3 Å². The zero-order valence-corrected chi connectivity index (χ0v) is 17.4. The highest BCUT2D eigenvalue weighted by Gasteiger charge is 2.59. The van der Waals surface area contributed by atoms with Gasteiger partial charge in [0.1, 0.15) is 23.6 Å². The maximum Gasteiger partial charge on any atom is 0.352 e. The first-order valence-corrected chi connectivity index (χ1v) is 10.4. The molecule has 8 nitrogen and oxygen atoms in total. The number of ether oxygens (including phenoxy) is 1. The van der Waals surface area contributed by atoms with Crippen LogP contribution in [0.25, 0.3) is 21.7 Å². The largest absolute Gasteiger partial charge is 0.488 e. The van der Waals surface area contributed by atoms with E-state index in [4.69, 9.17) is 9.15 Å². The van der Waals surface area contributed by atoms with Crippen molar-refractivity contribution in [2.24, 2.45) is 11.8 Å². The Morgan fingerprint density at radius 3 is 2.59 bits per heavy atom. The van der Waals surface area contributed by atoms with Gasteiger partial charge in [-0.2, -0.15) is 0 Å². The number of hydrogen-bond acceptors (Lipinski definition) is 6. The molecular formula is C24H21NO7. The van der Waals surface area contributed by atoms with Crippen molar-refractivity contribution in [3.05, 3.63) is 64.2 Å². The summed E-state index contributed by atoms with van der Waals surface area (Å²) < 4.78 is 11.5. The number of para-hydroxylation sites is 1. The van der Waals surface area contributed by atoms with Crippen molar-refractivity contribution >= 4 is 33.6 Å². The van der Waals surface area contributed by atoms with Crippen LogP contribution in [0.3, 0.4) is 0 Å². The van der Waals surface area contributed by atoms with Crippen molar-refractivity contribution in [1.29, 1.82) is 0 Å². The Hall–Kier alpha value is -3.65. The van der Waals surface area contributed by atoms with E-state index < -0.39 is 35.6 Å². The molecule has 3 aromatic rings. The molecule has 1 saturated heterocycles. The van der Waals surface area contributed by atoms with E-state index in [1.165, 1.54) is 11.8 Å². The molecule has 5 rings (SSSR count). The van der Waals surface area contributed by atoms with Crippen LogP contribution in [-0.4, -0.2) is 45.7 Å². The second kappa shape index (κ2) is 7.20. The van der Waals surface area contributed by atoms with Crippen LogP contribution in [0.15, 0.2) is 62.9 Å². The number of rotatable bonds is 5. The molecule has 1 fully saturated rings. The lowest BCUT2D eigenvalue weighted by atomic mass is 9.78. The highest BCUT2D eigenvalue weighted by atomic mass is 16.5. The van der Waals surface area contributed by atoms with Gasteiger partial charge in [-0.05, 0) is 25.1 Å². The maximum absolute atomic E-state index is 12.5. The Kier molecular flexibility index (Phi) is 4.56. The second-order valence-corrected chi connectivity index (χ2v) is 8.29. The molecule has 2 aliphatic rings. The van der Waals surface area contributed by atoms with Gasteiger partial charge in [-0.3, -0.25) is 4.79 Å². The fourth-order valence-electron chi connectivity index (χ4n) is 5.01. The Morgan fingerprint density at radius 2 is 1.88 bits per heavy atom. The van der Waals surface area contributed by atoms with E-state index in [2.05, 4.69) is 0 Å². The summed E-state index contributed by atoms with van der Waals surface area (Å²) in [5, 5.41) is 21.4. The van der Waals surface area contributed by atoms with Crippen LogP contribution >= 0.6 is 0 Å². The zero-order chi connectivity index (χ0) is 22.7. The molecule has 4 atom stereocenters. The molecule has 0 bridgehead atoms. The molecule has 3 heterocycles. The number of aliphatic hydroxyl groups is 1. The Balaban J connectivity index is 1.56. The molecule has 8 heteroatoms. The van der Waals surface area contributed by atoms with Crippen LogP contribution in [0.1, 0.15) is 13.8 Å². The van der Waals surface area contributed by atoms with Gasteiger partial charge in [0.2, 0.25) is 5.91 Å². The van der Waals surface area contributed by atoms with Crippen LogP contribution in [0.5, 0.6) is 5.75 Å². The van der Waals surface area contributed by atoms with Gasteiger partial charge in [-0.15, -0.1) is 0 Å². The number of carboxylic acid groups (broad SMARTS) is 1. The van der Waals surface area contributed by atoms with E-state index >= 15 is 0 Å². The van der Waals surface area contributed by atoms with Crippen molar-refractivity contribution in [3.63, 3.8) is 0 Å². The van der Waals surface area contributed by atoms with Gasteiger partial charge in [0.15, 0.2) is 0 Å². The summed E-state index contributed by atoms with van der Waals surface area (Å²) in [6, 6.07) is 11.8. The Bertz CT molecular complexity index is 1370. The smallest absolute Gasteiger partial charge is 0.352 e. The average molecular weight is 435 g/mol. The number of benzene rings is 2. The predicted molar refractivity (Wildman–Crippen MR) is 115 cm³/mol. The fraction of sp³-hybridized carbons (Fsp3) is 0.292. The quantitative estimate of drug-likeness (QED) is 0.359. The SMILES string of the molecule is CC(O)[C@H]1C(=O)N2C(C(=O)O)=C(COc3cccc4c(=O)oc5ccccc5c34)[C@H](C)C12. The number of β-lactam (4-membered cyclic amide) rings is 1. The van der Waals surface area contributed by atoms with Crippen LogP contribution in [-0.2, 0) is 9.59 Å². The minimum atomic E-state index is -1.21. The Labute approximate surface area is 182 Å². The van der Waals surface area contributed by atoms with Crippen LogP contribution in [0, 0.1) is 11.8 Å². The molecule has 1 amide bonds. The number of nitrogens with zero attached hydrogens (tertiary/aromatic N) is 1. The van der Waals surface area contributed by atoms with Gasteiger partial charge in [0, 0.05) is 22.3 Å². The molecule has 0 radical (unpaired) electrons. The van der Waals surface area contributed by atoms with E-state index in [0.29, 0.717) is 33.1 Å². The molecular weight excluding hydrogens is 414 g/mol. The monoisotopic (exact) mass is 435 g/mol. The second-order valence-electron chi connectivity index (χ2n) is 8.29. The third-order valence-electron chi connectivity index (χ3n) is 6.51. The normalized spacial score (nSPS) is 23.4. The summed E-state index contributed by atoms with van der Waals surface area (Å²) in [5.74, 6) is -2.11. The minimum Gasteiger partial charge on any atom is -0.488 e. The number of amides is 1.